The van der Waals surface area contributed by atoms with Crippen molar-refractivity contribution in [3.05, 3.63) is 47.9 Å². The van der Waals surface area contributed by atoms with Crippen molar-refractivity contribution < 1.29 is 14.7 Å². The fourth-order valence-electron chi connectivity index (χ4n) is 2.57. The predicted molar refractivity (Wildman–Crippen MR) is 95.2 cm³/mol. The van der Waals surface area contributed by atoms with Crippen molar-refractivity contribution in [3.63, 3.8) is 0 Å². The third-order valence-corrected chi connectivity index (χ3v) is 4.60. The zero-order valence-electron chi connectivity index (χ0n) is 15.0. The van der Waals surface area contributed by atoms with E-state index in [1.807, 2.05) is 30.3 Å². The molecular formula is C18H19N5O3. The Morgan fingerprint density at radius 1 is 1.19 bits per heavy atom. The van der Waals surface area contributed by atoms with E-state index < -0.39 is 17.4 Å². The van der Waals surface area contributed by atoms with Crippen molar-refractivity contribution in [1.82, 2.24) is 24.9 Å². The molecule has 26 heavy (non-hydrogen) atoms. The molecule has 0 spiro atoms. The van der Waals surface area contributed by atoms with Crippen molar-refractivity contribution >= 4 is 22.8 Å². The molecule has 0 aliphatic rings. The number of carbonyl (C=O) groups excluding carboxylic acids is 1. The third-order valence-electron chi connectivity index (χ3n) is 4.60. The number of carbonyl (C=O) groups is 2. The molecule has 1 N–H and O–H groups in total. The number of aromatic nitrogens is 4. The molecule has 0 radical (unpaired) electrons. The third kappa shape index (κ3) is 2.69. The first-order chi connectivity index (χ1) is 12.2. The van der Waals surface area contributed by atoms with Gasteiger partial charge in [-0.15, -0.1) is 5.10 Å². The summed E-state index contributed by atoms with van der Waals surface area (Å²) in [6.45, 7) is 4.64. The van der Waals surface area contributed by atoms with Crippen molar-refractivity contribution in [2.75, 3.05) is 7.05 Å². The minimum Gasteiger partial charge on any atom is -0.480 e. The highest BCUT2D eigenvalue weighted by Gasteiger charge is 2.37. The summed E-state index contributed by atoms with van der Waals surface area (Å²) in [7, 11) is 1.44. The summed E-state index contributed by atoms with van der Waals surface area (Å²) in [5, 5.41) is 18.4. The molecule has 0 aliphatic heterocycles. The van der Waals surface area contributed by atoms with E-state index >= 15 is 0 Å². The van der Waals surface area contributed by atoms with Gasteiger partial charge in [-0.05, 0) is 32.9 Å². The lowest BCUT2D eigenvalue weighted by atomic mass is 10.0. The van der Waals surface area contributed by atoms with Crippen molar-refractivity contribution in [1.29, 1.82) is 0 Å². The molecule has 0 saturated carbocycles. The Kier molecular flexibility index (Phi) is 4.19. The molecule has 0 unspecified atom stereocenters. The largest absolute Gasteiger partial charge is 0.480 e. The summed E-state index contributed by atoms with van der Waals surface area (Å²) in [6, 6.07) is 9.44. The van der Waals surface area contributed by atoms with Crippen LogP contribution in [-0.4, -0.2) is 54.4 Å². The van der Waals surface area contributed by atoms with E-state index in [2.05, 4.69) is 15.3 Å². The number of pyridine rings is 1. The van der Waals surface area contributed by atoms with Gasteiger partial charge < -0.3 is 10.0 Å². The van der Waals surface area contributed by atoms with Crippen LogP contribution in [0, 0.1) is 6.92 Å². The minimum atomic E-state index is -1.37. The SMILES string of the molecule is Cc1c(C(=O)N(C)C(C)(C)C(=O)O)nnn1-c1cccc2cccnc12. The van der Waals surface area contributed by atoms with Gasteiger partial charge >= 0.3 is 5.97 Å². The first kappa shape index (κ1) is 17.5. The average molecular weight is 353 g/mol. The first-order valence-corrected chi connectivity index (χ1v) is 8.03. The molecule has 0 aliphatic carbocycles. The van der Waals surface area contributed by atoms with E-state index in [9.17, 15) is 14.7 Å². The summed E-state index contributed by atoms with van der Waals surface area (Å²) in [4.78, 5) is 29.7. The summed E-state index contributed by atoms with van der Waals surface area (Å²) < 4.78 is 1.55. The van der Waals surface area contributed by atoms with Crippen LogP contribution in [0.15, 0.2) is 36.5 Å². The Hall–Kier alpha value is -3.29. The molecule has 3 aromatic rings. The summed E-state index contributed by atoms with van der Waals surface area (Å²) >= 11 is 0. The lowest BCUT2D eigenvalue weighted by Crippen LogP contribution is -2.51. The number of amides is 1. The Balaban J connectivity index is 2.06. The molecule has 3 rings (SSSR count). The molecular weight excluding hydrogens is 334 g/mol. The monoisotopic (exact) mass is 353 g/mol. The Morgan fingerprint density at radius 2 is 1.88 bits per heavy atom. The number of carboxylic acids is 1. The number of rotatable bonds is 4. The number of fused-ring (bicyclic) bond motifs is 1. The number of likely N-dealkylation sites (N-methyl/N-ethyl adjacent to an activating group) is 1. The molecule has 2 heterocycles. The van der Waals surface area contributed by atoms with Crippen LogP contribution < -0.4 is 0 Å². The van der Waals surface area contributed by atoms with E-state index in [1.54, 1.807) is 17.8 Å². The van der Waals surface area contributed by atoms with Gasteiger partial charge in [0.15, 0.2) is 5.69 Å². The van der Waals surface area contributed by atoms with Gasteiger partial charge in [-0.1, -0.05) is 23.4 Å². The highest BCUT2D eigenvalue weighted by Crippen LogP contribution is 2.23. The van der Waals surface area contributed by atoms with Crippen LogP contribution in [-0.2, 0) is 4.79 Å². The second-order valence-electron chi connectivity index (χ2n) is 6.52. The number of hydrogen-bond donors (Lipinski definition) is 1. The number of para-hydroxylation sites is 1. The van der Waals surface area contributed by atoms with Crippen LogP contribution in [0.25, 0.3) is 16.6 Å². The van der Waals surface area contributed by atoms with Crippen LogP contribution in [0.5, 0.6) is 0 Å². The molecule has 2 aromatic heterocycles. The Labute approximate surface area is 150 Å². The second kappa shape index (κ2) is 6.21. The lowest BCUT2D eigenvalue weighted by molar-refractivity contribution is -0.147. The molecule has 0 bridgehead atoms. The molecule has 134 valence electrons. The first-order valence-electron chi connectivity index (χ1n) is 8.03. The zero-order valence-corrected chi connectivity index (χ0v) is 15.0. The van der Waals surface area contributed by atoms with Crippen LogP contribution in [0.3, 0.4) is 0 Å². The fourth-order valence-corrected chi connectivity index (χ4v) is 2.57. The molecule has 8 nitrogen and oxygen atoms in total. The fraction of sp³-hybridized carbons (Fsp3) is 0.278. The maximum atomic E-state index is 12.8. The molecule has 0 saturated heterocycles. The van der Waals surface area contributed by atoms with Crippen LogP contribution >= 0.6 is 0 Å². The van der Waals surface area contributed by atoms with E-state index in [0.717, 1.165) is 15.8 Å². The molecule has 1 aromatic carbocycles. The normalized spacial score (nSPS) is 11.5. The molecule has 8 heteroatoms. The van der Waals surface area contributed by atoms with Gasteiger partial charge in [-0.2, -0.15) is 0 Å². The summed E-state index contributed by atoms with van der Waals surface area (Å²) in [5.74, 6) is -1.61. The molecule has 0 fully saturated rings. The Bertz CT molecular complexity index is 1000. The van der Waals surface area contributed by atoms with Gasteiger partial charge in [0.1, 0.15) is 5.54 Å². The van der Waals surface area contributed by atoms with E-state index in [1.165, 1.54) is 20.9 Å². The van der Waals surface area contributed by atoms with E-state index in [4.69, 9.17) is 0 Å². The van der Waals surface area contributed by atoms with Gasteiger partial charge in [0.2, 0.25) is 0 Å². The van der Waals surface area contributed by atoms with Crippen molar-refractivity contribution in [2.45, 2.75) is 26.3 Å². The maximum absolute atomic E-state index is 12.8. The number of benzene rings is 1. The number of aliphatic carboxylic acids is 1. The smallest absolute Gasteiger partial charge is 0.329 e. The standard InChI is InChI=1S/C18H19N5O3/c1-11-14(16(24)22(4)18(2,3)17(25)26)20-21-23(11)13-9-5-7-12-8-6-10-19-15(12)13/h5-10H,1-4H3,(H,25,26). The molecule has 1 amide bonds. The van der Waals surface area contributed by atoms with Crippen LogP contribution in [0.4, 0.5) is 0 Å². The topological polar surface area (TPSA) is 101 Å². The quantitative estimate of drug-likeness (QED) is 0.770. The van der Waals surface area contributed by atoms with Gasteiger partial charge in [-0.25, -0.2) is 9.48 Å². The minimum absolute atomic E-state index is 0.106. The Morgan fingerprint density at radius 3 is 2.58 bits per heavy atom. The highest BCUT2D eigenvalue weighted by molar-refractivity contribution is 5.97. The number of carboxylic acid groups (broad SMARTS) is 1. The van der Waals surface area contributed by atoms with E-state index in [0.29, 0.717) is 11.4 Å². The lowest BCUT2D eigenvalue weighted by Gasteiger charge is -2.30. The number of nitrogens with zero attached hydrogens (tertiary/aromatic N) is 5. The van der Waals surface area contributed by atoms with Gasteiger partial charge in [0.05, 0.1) is 16.9 Å². The zero-order chi connectivity index (χ0) is 19.1. The maximum Gasteiger partial charge on any atom is 0.329 e. The van der Waals surface area contributed by atoms with Crippen molar-refractivity contribution in [2.24, 2.45) is 0 Å². The second-order valence-corrected chi connectivity index (χ2v) is 6.52. The van der Waals surface area contributed by atoms with Crippen molar-refractivity contribution in [3.8, 4) is 5.69 Å². The van der Waals surface area contributed by atoms with E-state index in [-0.39, 0.29) is 5.69 Å². The molecule has 0 atom stereocenters. The summed E-state index contributed by atoms with van der Waals surface area (Å²) in [6.07, 6.45) is 1.69. The van der Waals surface area contributed by atoms with Crippen LogP contribution in [0.1, 0.15) is 30.0 Å². The average Bonchev–Trinajstić information content (AvgIpc) is 3.01. The van der Waals surface area contributed by atoms with Gasteiger partial charge in [0.25, 0.3) is 5.91 Å². The summed E-state index contributed by atoms with van der Waals surface area (Å²) in [5.41, 5.74) is 0.693. The van der Waals surface area contributed by atoms with Crippen LogP contribution in [0.2, 0.25) is 0 Å². The van der Waals surface area contributed by atoms with Gasteiger partial charge in [0, 0.05) is 18.6 Å². The van der Waals surface area contributed by atoms with Gasteiger partial charge in [-0.3, -0.25) is 9.78 Å². The number of hydrogen-bond acceptors (Lipinski definition) is 5. The highest BCUT2D eigenvalue weighted by atomic mass is 16.4. The predicted octanol–water partition coefficient (Wildman–Crippen LogP) is 2.06.